The van der Waals surface area contributed by atoms with Crippen molar-refractivity contribution in [2.45, 2.75) is 39.8 Å². The predicted molar refractivity (Wildman–Crippen MR) is 56.6 cm³/mol. The molecular weight excluding hydrogens is 160 g/mol. The summed E-state index contributed by atoms with van der Waals surface area (Å²) < 4.78 is 2.18. The minimum atomic E-state index is 0.285. The zero-order valence-corrected chi connectivity index (χ0v) is 8.83. The molecular formula is C11H20N2. The maximum Gasteiger partial charge on any atom is 0.0191 e. The Balaban J connectivity index is 2.53. The molecule has 1 heterocycles. The summed E-state index contributed by atoms with van der Waals surface area (Å²) in [6.07, 6.45) is 5.29. The number of hydrogen-bond donors (Lipinski definition) is 1. The summed E-state index contributed by atoms with van der Waals surface area (Å²) in [4.78, 5) is 0. The van der Waals surface area contributed by atoms with E-state index in [1.165, 1.54) is 5.56 Å². The Labute approximate surface area is 80.7 Å². The van der Waals surface area contributed by atoms with Crippen LogP contribution in [0.25, 0.3) is 0 Å². The van der Waals surface area contributed by atoms with Crippen LogP contribution in [-0.2, 0) is 13.0 Å². The van der Waals surface area contributed by atoms with Gasteiger partial charge in [-0.1, -0.05) is 13.8 Å². The first kappa shape index (κ1) is 10.3. The molecule has 0 aromatic carbocycles. The lowest BCUT2D eigenvalue weighted by atomic mass is 9.99. The van der Waals surface area contributed by atoms with E-state index < -0.39 is 0 Å². The van der Waals surface area contributed by atoms with E-state index in [2.05, 4.69) is 43.8 Å². The summed E-state index contributed by atoms with van der Waals surface area (Å²) in [6.45, 7) is 7.52. The number of nitrogens with zero attached hydrogens (tertiary/aromatic N) is 1. The van der Waals surface area contributed by atoms with Gasteiger partial charge in [-0.05, 0) is 30.9 Å². The smallest absolute Gasteiger partial charge is 0.0191 e. The van der Waals surface area contributed by atoms with Crippen LogP contribution in [-0.4, -0.2) is 10.6 Å². The quantitative estimate of drug-likeness (QED) is 0.755. The van der Waals surface area contributed by atoms with E-state index in [0.717, 1.165) is 13.0 Å². The molecule has 0 aliphatic carbocycles. The van der Waals surface area contributed by atoms with Gasteiger partial charge in [0.25, 0.3) is 0 Å². The minimum absolute atomic E-state index is 0.285. The van der Waals surface area contributed by atoms with Crippen LogP contribution in [0.15, 0.2) is 18.5 Å². The van der Waals surface area contributed by atoms with Crippen molar-refractivity contribution in [3.63, 3.8) is 0 Å². The van der Waals surface area contributed by atoms with Gasteiger partial charge in [-0.25, -0.2) is 0 Å². The van der Waals surface area contributed by atoms with Crippen molar-refractivity contribution >= 4 is 0 Å². The van der Waals surface area contributed by atoms with E-state index in [9.17, 15) is 0 Å². The first-order valence-electron chi connectivity index (χ1n) is 5.03. The molecule has 1 atom stereocenters. The van der Waals surface area contributed by atoms with E-state index in [1.54, 1.807) is 0 Å². The summed E-state index contributed by atoms with van der Waals surface area (Å²) in [5, 5.41) is 0. The van der Waals surface area contributed by atoms with E-state index in [1.807, 2.05) is 0 Å². The second-order valence-electron chi connectivity index (χ2n) is 3.96. The highest BCUT2D eigenvalue weighted by atomic mass is 14.9. The fourth-order valence-corrected chi connectivity index (χ4v) is 1.32. The molecule has 0 aliphatic rings. The minimum Gasteiger partial charge on any atom is -0.354 e. The Bertz CT molecular complexity index is 250. The molecule has 13 heavy (non-hydrogen) atoms. The highest BCUT2D eigenvalue weighted by Gasteiger charge is 2.08. The van der Waals surface area contributed by atoms with Crippen LogP contribution >= 0.6 is 0 Å². The van der Waals surface area contributed by atoms with Crippen molar-refractivity contribution in [1.82, 2.24) is 4.57 Å². The largest absolute Gasteiger partial charge is 0.354 e. The zero-order valence-electron chi connectivity index (χ0n) is 8.83. The lowest BCUT2D eigenvalue weighted by Crippen LogP contribution is -2.28. The van der Waals surface area contributed by atoms with Crippen molar-refractivity contribution in [1.29, 1.82) is 0 Å². The van der Waals surface area contributed by atoms with Crippen molar-refractivity contribution in [3.05, 3.63) is 24.0 Å². The van der Waals surface area contributed by atoms with Crippen LogP contribution in [0.2, 0.25) is 0 Å². The molecule has 1 aromatic heterocycles. The molecule has 74 valence electrons. The summed E-state index contributed by atoms with van der Waals surface area (Å²) in [6, 6.07) is 2.44. The molecule has 0 radical (unpaired) electrons. The Hall–Kier alpha value is -0.760. The van der Waals surface area contributed by atoms with E-state index >= 15 is 0 Å². The zero-order chi connectivity index (χ0) is 9.84. The van der Waals surface area contributed by atoms with Crippen molar-refractivity contribution < 1.29 is 0 Å². The third-order valence-electron chi connectivity index (χ3n) is 2.50. The van der Waals surface area contributed by atoms with Gasteiger partial charge in [0.2, 0.25) is 0 Å². The van der Waals surface area contributed by atoms with Crippen LogP contribution < -0.4 is 5.73 Å². The molecule has 1 aromatic rings. The van der Waals surface area contributed by atoms with Gasteiger partial charge in [-0.3, -0.25) is 0 Å². The average molecular weight is 180 g/mol. The number of aryl methyl sites for hydroxylation is 1. The predicted octanol–water partition coefficient (Wildman–Crippen LogP) is 2.03. The molecule has 2 heteroatoms. The highest BCUT2D eigenvalue weighted by Crippen LogP contribution is 2.08. The highest BCUT2D eigenvalue weighted by molar-refractivity contribution is 5.11. The van der Waals surface area contributed by atoms with Crippen LogP contribution in [0.3, 0.4) is 0 Å². The molecule has 0 amide bonds. The normalized spacial score (nSPS) is 13.6. The molecule has 0 aliphatic heterocycles. The van der Waals surface area contributed by atoms with Crippen molar-refractivity contribution in [3.8, 4) is 0 Å². The molecule has 0 fully saturated rings. The Morgan fingerprint density at radius 2 is 2.15 bits per heavy atom. The van der Waals surface area contributed by atoms with Gasteiger partial charge in [-0.2, -0.15) is 0 Å². The van der Waals surface area contributed by atoms with Gasteiger partial charge in [0.15, 0.2) is 0 Å². The van der Waals surface area contributed by atoms with Crippen LogP contribution in [0.5, 0.6) is 0 Å². The topological polar surface area (TPSA) is 30.9 Å². The van der Waals surface area contributed by atoms with Crippen LogP contribution in [0, 0.1) is 5.92 Å². The lowest BCUT2D eigenvalue weighted by Gasteiger charge is -2.14. The summed E-state index contributed by atoms with van der Waals surface area (Å²) in [5.41, 5.74) is 7.34. The first-order chi connectivity index (χ1) is 6.13. The van der Waals surface area contributed by atoms with Gasteiger partial charge >= 0.3 is 0 Å². The molecule has 1 unspecified atom stereocenters. The van der Waals surface area contributed by atoms with Gasteiger partial charge in [0, 0.05) is 25.0 Å². The fourth-order valence-electron chi connectivity index (χ4n) is 1.32. The molecule has 0 spiro atoms. The molecule has 0 saturated carbocycles. The van der Waals surface area contributed by atoms with E-state index in [4.69, 9.17) is 5.73 Å². The standard InChI is InChI=1S/C11H20N2/c1-4-13-6-5-10(8-13)7-11(12)9(2)3/h5-6,8-9,11H,4,7,12H2,1-3H3. The Kier molecular flexibility index (Phi) is 3.55. The van der Waals surface area contributed by atoms with Crippen molar-refractivity contribution in [2.75, 3.05) is 0 Å². The van der Waals surface area contributed by atoms with Crippen LogP contribution in [0.4, 0.5) is 0 Å². The Morgan fingerprint density at radius 3 is 2.62 bits per heavy atom. The van der Waals surface area contributed by atoms with Gasteiger partial charge in [-0.15, -0.1) is 0 Å². The third kappa shape index (κ3) is 2.88. The van der Waals surface area contributed by atoms with Crippen LogP contribution in [0.1, 0.15) is 26.3 Å². The Morgan fingerprint density at radius 1 is 1.46 bits per heavy atom. The molecule has 0 saturated heterocycles. The number of hydrogen-bond acceptors (Lipinski definition) is 1. The molecule has 1 rings (SSSR count). The SMILES string of the molecule is CCn1ccc(CC(N)C(C)C)c1. The van der Waals surface area contributed by atoms with E-state index in [-0.39, 0.29) is 6.04 Å². The second kappa shape index (κ2) is 4.47. The second-order valence-corrected chi connectivity index (χ2v) is 3.96. The molecule has 2 nitrogen and oxygen atoms in total. The summed E-state index contributed by atoms with van der Waals surface area (Å²) >= 11 is 0. The van der Waals surface area contributed by atoms with Gasteiger partial charge < -0.3 is 10.3 Å². The maximum absolute atomic E-state index is 5.99. The van der Waals surface area contributed by atoms with E-state index in [0.29, 0.717) is 5.92 Å². The van der Waals surface area contributed by atoms with Gasteiger partial charge in [0.1, 0.15) is 0 Å². The monoisotopic (exact) mass is 180 g/mol. The summed E-state index contributed by atoms with van der Waals surface area (Å²) in [7, 11) is 0. The fraction of sp³-hybridized carbons (Fsp3) is 0.636. The first-order valence-corrected chi connectivity index (χ1v) is 5.03. The number of nitrogens with two attached hydrogens (primary N) is 1. The maximum atomic E-state index is 5.99. The number of aromatic nitrogens is 1. The number of rotatable bonds is 4. The summed E-state index contributed by atoms with van der Waals surface area (Å²) in [5.74, 6) is 0.560. The van der Waals surface area contributed by atoms with Crippen molar-refractivity contribution in [2.24, 2.45) is 11.7 Å². The molecule has 2 N–H and O–H groups in total. The van der Waals surface area contributed by atoms with Gasteiger partial charge in [0.05, 0.1) is 0 Å². The third-order valence-corrected chi connectivity index (χ3v) is 2.50. The molecule has 0 bridgehead atoms. The average Bonchev–Trinajstić information content (AvgIpc) is 2.52. The lowest BCUT2D eigenvalue weighted by molar-refractivity contribution is 0.490.